The highest BCUT2D eigenvalue weighted by Crippen LogP contribution is 2.32. The van der Waals surface area contributed by atoms with Crippen molar-refractivity contribution in [2.45, 2.75) is 19.8 Å². The van der Waals surface area contributed by atoms with Crippen molar-refractivity contribution < 1.29 is 14.0 Å². The molecule has 0 bridgehead atoms. The number of guanidine groups is 1. The molecule has 0 spiro atoms. The zero-order valence-corrected chi connectivity index (χ0v) is 20.7. The van der Waals surface area contributed by atoms with E-state index >= 15 is 0 Å². The lowest BCUT2D eigenvalue weighted by atomic mass is 10.1. The molecule has 0 saturated carbocycles. The van der Waals surface area contributed by atoms with Gasteiger partial charge in [-0.2, -0.15) is 4.98 Å². The van der Waals surface area contributed by atoms with E-state index in [1.165, 1.54) is 5.56 Å². The monoisotopic (exact) mass is 569 g/mol. The Balaban J connectivity index is 0.00000289. The van der Waals surface area contributed by atoms with Crippen LogP contribution in [0.2, 0.25) is 5.02 Å². The van der Waals surface area contributed by atoms with Crippen LogP contribution in [0.15, 0.2) is 52.0 Å². The average molecular weight is 570 g/mol. The van der Waals surface area contributed by atoms with Crippen LogP contribution in [0, 0.1) is 0 Å². The summed E-state index contributed by atoms with van der Waals surface area (Å²) in [5, 5.41) is 11.3. The molecular formula is C22H25ClIN5O3. The van der Waals surface area contributed by atoms with Gasteiger partial charge in [-0.15, -0.1) is 24.0 Å². The van der Waals surface area contributed by atoms with Gasteiger partial charge in [-0.05, 0) is 55.3 Å². The molecule has 4 rings (SSSR count). The summed E-state index contributed by atoms with van der Waals surface area (Å²) in [6, 6.07) is 13.3. The molecule has 0 amide bonds. The average Bonchev–Trinajstić information content (AvgIpc) is 3.43. The van der Waals surface area contributed by atoms with Crippen LogP contribution in [0.5, 0.6) is 11.5 Å². The van der Waals surface area contributed by atoms with Gasteiger partial charge >= 0.3 is 0 Å². The van der Waals surface area contributed by atoms with Crippen molar-refractivity contribution in [2.75, 3.05) is 26.4 Å². The van der Waals surface area contributed by atoms with Crippen LogP contribution >= 0.6 is 35.6 Å². The zero-order chi connectivity index (χ0) is 21.5. The van der Waals surface area contributed by atoms with Gasteiger partial charge < -0.3 is 24.6 Å². The van der Waals surface area contributed by atoms with E-state index in [-0.39, 0.29) is 30.8 Å². The molecule has 2 heterocycles. The maximum Gasteiger partial charge on any atom is 0.231 e. The van der Waals surface area contributed by atoms with E-state index in [0.717, 1.165) is 42.5 Å². The molecule has 170 valence electrons. The Kier molecular flexibility index (Phi) is 8.98. The van der Waals surface area contributed by atoms with Gasteiger partial charge in [0.2, 0.25) is 18.5 Å². The highest BCUT2D eigenvalue weighted by molar-refractivity contribution is 14.0. The maximum absolute atomic E-state index is 5.92. The van der Waals surface area contributed by atoms with Gasteiger partial charge in [0.25, 0.3) is 0 Å². The number of hydrogen-bond donors (Lipinski definition) is 2. The highest BCUT2D eigenvalue weighted by atomic mass is 127. The number of hydrogen-bond acceptors (Lipinski definition) is 6. The number of ether oxygens (including phenoxy) is 2. The first-order chi connectivity index (χ1) is 15.2. The normalized spacial score (nSPS) is 12.4. The summed E-state index contributed by atoms with van der Waals surface area (Å²) in [7, 11) is 0. The second kappa shape index (κ2) is 11.9. The number of rotatable bonds is 8. The van der Waals surface area contributed by atoms with Gasteiger partial charge in [0.15, 0.2) is 17.5 Å². The summed E-state index contributed by atoms with van der Waals surface area (Å²) in [5.41, 5.74) is 2.04. The van der Waals surface area contributed by atoms with E-state index in [9.17, 15) is 0 Å². The molecule has 1 aliphatic rings. The van der Waals surface area contributed by atoms with Crippen molar-refractivity contribution in [3.8, 4) is 22.9 Å². The summed E-state index contributed by atoms with van der Waals surface area (Å²) >= 11 is 5.92. The first kappa shape index (κ1) is 24.1. The minimum absolute atomic E-state index is 0. The molecule has 2 N–H and O–H groups in total. The molecule has 1 aliphatic heterocycles. The Bertz CT molecular complexity index is 1040. The van der Waals surface area contributed by atoms with Crippen LogP contribution in [0.1, 0.15) is 18.4 Å². The van der Waals surface area contributed by atoms with E-state index in [2.05, 4.69) is 25.8 Å². The summed E-state index contributed by atoms with van der Waals surface area (Å²) < 4.78 is 16.1. The van der Waals surface area contributed by atoms with Gasteiger partial charge in [-0.25, -0.2) is 0 Å². The summed E-state index contributed by atoms with van der Waals surface area (Å²) in [6.07, 6.45) is 1.40. The molecule has 32 heavy (non-hydrogen) atoms. The third-order valence-electron chi connectivity index (χ3n) is 4.65. The number of aromatic nitrogens is 2. The summed E-state index contributed by atoms with van der Waals surface area (Å²) in [4.78, 5) is 9.03. The first-order valence-corrected chi connectivity index (χ1v) is 10.6. The van der Waals surface area contributed by atoms with E-state index < -0.39 is 0 Å². The Morgan fingerprint density at radius 2 is 1.88 bits per heavy atom. The number of fused-ring (bicyclic) bond motifs is 1. The van der Waals surface area contributed by atoms with Gasteiger partial charge in [0.1, 0.15) is 0 Å². The third kappa shape index (κ3) is 6.49. The SMILES string of the molecule is CCNC(=NCCc1nc(-c2ccc(Cl)cc2)no1)NCCc1ccc2c(c1)OCO2.I. The minimum Gasteiger partial charge on any atom is -0.454 e. The lowest BCUT2D eigenvalue weighted by Gasteiger charge is -2.11. The number of nitrogens with zero attached hydrogens (tertiary/aromatic N) is 3. The quantitative estimate of drug-likeness (QED) is 0.240. The van der Waals surface area contributed by atoms with E-state index in [0.29, 0.717) is 29.7 Å². The van der Waals surface area contributed by atoms with Crippen molar-refractivity contribution >= 4 is 41.5 Å². The fraction of sp³-hybridized carbons (Fsp3) is 0.318. The molecule has 2 aromatic carbocycles. The fourth-order valence-electron chi connectivity index (χ4n) is 3.10. The molecule has 0 unspecified atom stereocenters. The van der Waals surface area contributed by atoms with Crippen molar-refractivity contribution in [2.24, 2.45) is 4.99 Å². The van der Waals surface area contributed by atoms with E-state index in [1.54, 1.807) is 12.1 Å². The number of halogens is 2. The summed E-state index contributed by atoms with van der Waals surface area (Å²) in [6.45, 7) is 4.37. The van der Waals surface area contributed by atoms with Crippen LogP contribution in [0.25, 0.3) is 11.4 Å². The van der Waals surface area contributed by atoms with Crippen LogP contribution in [0.4, 0.5) is 0 Å². The standard InChI is InChI=1S/C22H24ClN5O3.HI/c1-2-24-22(25-11-9-15-3-8-18-19(13-15)30-14-29-18)26-12-10-20-27-21(28-31-20)16-4-6-17(23)7-5-16;/h3-8,13H,2,9-12,14H2,1H3,(H2,24,25,26);1H. The van der Waals surface area contributed by atoms with Crippen LogP contribution in [0.3, 0.4) is 0 Å². The maximum atomic E-state index is 5.92. The Labute approximate surface area is 208 Å². The predicted octanol–water partition coefficient (Wildman–Crippen LogP) is 4.08. The molecule has 0 atom stereocenters. The second-order valence-electron chi connectivity index (χ2n) is 6.89. The lowest BCUT2D eigenvalue weighted by molar-refractivity contribution is 0.174. The largest absolute Gasteiger partial charge is 0.454 e. The number of aliphatic imine (C=N–C) groups is 1. The fourth-order valence-corrected chi connectivity index (χ4v) is 3.23. The Morgan fingerprint density at radius 1 is 1.06 bits per heavy atom. The van der Waals surface area contributed by atoms with Crippen molar-refractivity contribution in [1.82, 2.24) is 20.8 Å². The van der Waals surface area contributed by atoms with Gasteiger partial charge in [0.05, 0.1) is 6.54 Å². The number of nitrogens with one attached hydrogen (secondary N) is 2. The Morgan fingerprint density at radius 3 is 2.69 bits per heavy atom. The summed E-state index contributed by atoms with van der Waals surface area (Å²) in [5.74, 6) is 3.44. The molecule has 0 aliphatic carbocycles. The topological polar surface area (TPSA) is 93.8 Å². The number of benzene rings is 2. The Hall–Kier alpha value is -2.53. The molecule has 10 heteroatoms. The molecule has 3 aromatic rings. The van der Waals surface area contributed by atoms with Crippen LogP contribution in [-0.2, 0) is 12.8 Å². The predicted molar refractivity (Wildman–Crippen MR) is 134 cm³/mol. The minimum atomic E-state index is 0. The molecule has 1 aromatic heterocycles. The third-order valence-corrected chi connectivity index (χ3v) is 4.91. The smallest absolute Gasteiger partial charge is 0.231 e. The van der Waals surface area contributed by atoms with E-state index in [4.69, 9.17) is 25.6 Å². The van der Waals surface area contributed by atoms with Crippen molar-refractivity contribution in [3.05, 3.63) is 58.9 Å². The van der Waals surface area contributed by atoms with Crippen LogP contribution < -0.4 is 20.1 Å². The second-order valence-corrected chi connectivity index (χ2v) is 7.33. The highest BCUT2D eigenvalue weighted by Gasteiger charge is 2.13. The first-order valence-electron chi connectivity index (χ1n) is 10.2. The van der Waals surface area contributed by atoms with Gasteiger partial charge in [0, 0.05) is 30.1 Å². The van der Waals surface area contributed by atoms with Gasteiger partial charge in [-0.1, -0.05) is 22.8 Å². The molecule has 0 fully saturated rings. The molecule has 0 saturated heterocycles. The lowest BCUT2D eigenvalue weighted by Crippen LogP contribution is -2.38. The van der Waals surface area contributed by atoms with Gasteiger partial charge in [-0.3, -0.25) is 4.99 Å². The van der Waals surface area contributed by atoms with E-state index in [1.807, 2.05) is 37.3 Å². The molecular weight excluding hydrogens is 545 g/mol. The van der Waals surface area contributed by atoms with Crippen LogP contribution in [-0.4, -0.2) is 42.5 Å². The molecule has 0 radical (unpaired) electrons. The van der Waals surface area contributed by atoms with Crippen molar-refractivity contribution in [3.63, 3.8) is 0 Å². The van der Waals surface area contributed by atoms with Crippen molar-refractivity contribution in [1.29, 1.82) is 0 Å². The zero-order valence-electron chi connectivity index (χ0n) is 17.6. The molecule has 8 nitrogen and oxygen atoms in total.